The minimum absolute atomic E-state index is 0.160. The molecule has 1 spiro atoms. The second-order valence-corrected chi connectivity index (χ2v) is 8.24. The van der Waals surface area contributed by atoms with Crippen molar-refractivity contribution in [3.05, 3.63) is 88.9 Å². The largest absolute Gasteiger partial charge is 0.465 e. The van der Waals surface area contributed by atoms with Crippen molar-refractivity contribution >= 4 is 23.3 Å². The van der Waals surface area contributed by atoms with Crippen molar-refractivity contribution < 1.29 is 14.3 Å². The van der Waals surface area contributed by atoms with Crippen molar-refractivity contribution in [3.8, 4) is 17.3 Å². The van der Waals surface area contributed by atoms with E-state index in [9.17, 15) is 10.1 Å². The van der Waals surface area contributed by atoms with Crippen LogP contribution in [0.25, 0.3) is 11.1 Å². The molecule has 1 atom stereocenters. The van der Waals surface area contributed by atoms with Crippen LogP contribution < -0.4 is 5.01 Å². The fraction of sp³-hybridized carbons (Fsp3) is 0.200. The number of hydrazine groups is 1. The summed E-state index contributed by atoms with van der Waals surface area (Å²) in [6.07, 6.45) is 2.36. The normalized spacial score (nSPS) is 20.1. The lowest BCUT2D eigenvalue weighted by Crippen LogP contribution is -2.55. The first-order valence-electron chi connectivity index (χ1n) is 10.1. The number of fused-ring (bicyclic) bond motifs is 5. The number of carbonyl (C=O) groups excluding carboxylic acids is 1. The van der Waals surface area contributed by atoms with Gasteiger partial charge in [0.2, 0.25) is 6.19 Å². The third-order valence-electron chi connectivity index (χ3n) is 6.44. The standard InChI is InChI=1S/C25H20ClN3O3/c1-31-23(30)25(32-2)15-24(29(28(25)16-27)18-13-11-17(26)12-14-18)21-9-5-3-7-19(21)20-8-4-6-10-22(20)24/h3-14H,15H2,1-2H3/t25-/m1/s1. The van der Waals surface area contributed by atoms with E-state index in [4.69, 9.17) is 21.1 Å². The molecular formula is C25H20ClN3O3. The van der Waals surface area contributed by atoms with Gasteiger partial charge in [-0.15, -0.1) is 0 Å². The van der Waals surface area contributed by atoms with Crippen molar-refractivity contribution in [1.29, 1.82) is 5.26 Å². The summed E-state index contributed by atoms with van der Waals surface area (Å²) in [5, 5.41) is 14.0. The molecule has 1 fully saturated rings. The molecule has 6 nitrogen and oxygen atoms in total. The number of benzene rings is 3. The highest BCUT2D eigenvalue weighted by Gasteiger charge is 2.67. The number of halogens is 1. The SMILES string of the molecule is COC(=O)[C@]1(OC)CC2(c3ccccc3-c3ccccc32)N(c2ccc(Cl)cc2)N1C#N. The molecule has 0 bridgehead atoms. The Morgan fingerprint density at radius 1 is 0.969 bits per heavy atom. The van der Waals surface area contributed by atoms with Crippen LogP contribution in [0.15, 0.2) is 72.8 Å². The van der Waals surface area contributed by atoms with Crippen molar-refractivity contribution in [3.63, 3.8) is 0 Å². The molecule has 0 unspecified atom stereocenters. The predicted molar refractivity (Wildman–Crippen MR) is 120 cm³/mol. The molecule has 2 aliphatic rings. The molecule has 7 heteroatoms. The lowest BCUT2D eigenvalue weighted by molar-refractivity contribution is -0.181. The average molecular weight is 446 g/mol. The third-order valence-corrected chi connectivity index (χ3v) is 6.69. The maximum Gasteiger partial charge on any atom is 0.362 e. The molecule has 32 heavy (non-hydrogen) atoms. The molecule has 0 radical (unpaired) electrons. The topological polar surface area (TPSA) is 65.8 Å². The molecule has 0 N–H and O–H groups in total. The van der Waals surface area contributed by atoms with Crippen LogP contribution in [0.1, 0.15) is 17.5 Å². The first-order chi connectivity index (χ1) is 15.5. The zero-order chi connectivity index (χ0) is 22.5. The van der Waals surface area contributed by atoms with E-state index in [-0.39, 0.29) is 6.42 Å². The number of anilines is 1. The van der Waals surface area contributed by atoms with Crippen LogP contribution >= 0.6 is 11.6 Å². The Kier molecular flexibility index (Phi) is 4.63. The van der Waals surface area contributed by atoms with Crippen molar-refractivity contribution in [2.24, 2.45) is 0 Å². The minimum atomic E-state index is -1.65. The number of ether oxygens (including phenoxy) is 2. The second-order valence-electron chi connectivity index (χ2n) is 7.81. The second kappa shape index (κ2) is 7.27. The van der Waals surface area contributed by atoms with Crippen molar-refractivity contribution in [2.45, 2.75) is 17.7 Å². The summed E-state index contributed by atoms with van der Waals surface area (Å²) in [6.45, 7) is 0. The fourth-order valence-corrected chi connectivity index (χ4v) is 5.28. The Morgan fingerprint density at radius 3 is 2.03 bits per heavy atom. The quantitative estimate of drug-likeness (QED) is 0.430. The molecule has 3 aromatic carbocycles. The van der Waals surface area contributed by atoms with Crippen LogP contribution in [0.4, 0.5) is 5.69 Å². The van der Waals surface area contributed by atoms with Gasteiger partial charge in [-0.2, -0.15) is 10.3 Å². The van der Waals surface area contributed by atoms with Crippen molar-refractivity contribution in [2.75, 3.05) is 19.2 Å². The van der Waals surface area contributed by atoms with Gasteiger partial charge in [0.05, 0.1) is 12.8 Å². The van der Waals surface area contributed by atoms with Gasteiger partial charge in [0.25, 0.3) is 5.72 Å². The number of hydrogen-bond acceptors (Lipinski definition) is 6. The minimum Gasteiger partial charge on any atom is -0.465 e. The zero-order valence-electron chi connectivity index (χ0n) is 17.6. The van der Waals surface area contributed by atoms with Crippen LogP contribution in [0.2, 0.25) is 5.02 Å². The smallest absolute Gasteiger partial charge is 0.362 e. The van der Waals surface area contributed by atoms with E-state index in [1.54, 1.807) is 12.1 Å². The Labute approximate surface area is 191 Å². The molecule has 0 saturated carbocycles. The summed E-state index contributed by atoms with van der Waals surface area (Å²) in [6, 6.07) is 23.3. The van der Waals surface area contributed by atoms with Crippen molar-refractivity contribution in [1.82, 2.24) is 5.01 Å². The molecule has 1 aliphatic heterocycles. The highest BCUT2D eigenvalue weighted by molar-refractivity contribution is 6.30. The molecule has 1 heterocycles. The Morgan fingerprint density at radius 2 is 1.53 bits per heavy atom. The third kappa shape index (κ3) is 2.46. The lowest BCUT2D eigenvalue weighted by atomic mass is 9.81. The van der Waals surface area contributed by atoms with Gasteiger partial charge < -0.3 is 9.47 Å². The van der Waals surface area contributed by atoms with E-state index < -0.39 is 17.2 Å². The number of esters is 1. The van der Waals surface area contributed by atoms with Crippen LogP contribution in [-0.2, 0) is 19.8 Å². The first kappa shape index (κ1) is 20.4. The number of nitriles is 1. The molecule has 160 valence electrons. The van der Waals surface area contributed by atoms with Gasteiger partial charge in [0.1, 0.15) is 5.54 Å². The molecule has 1 saturated heterocycles. The maximum atomic E-state index is 13.1. The van der Waals surface area contributed by atoms with E-state index in [0.29, 0.717) is 10.7 Å². The van der Waals surface area contributed by atoms with Gasteiger partial charge in [-0.25, -0.2) is 4.79 Å². The highest BCUT2D eigenvalue weighted by Crippen LogP contribution is 2.60. The number of nitrogens with zero attached hydrogens (tertiary/aromatic N) is 3. The van der Waals surface area contributed by atoms with E-state index in [0.717, 1.165) is 22.3 Å². The lowest BCUT2D eigenvalue weighted by Gasteiger charge is -2.40. The summed E-state index contributed by atoms with van der Waals surface area (Å²) < 4.78 is 10.9. The summed E-state index contributed by atoms with van der Waals surface area (Å²) in [5.41, 5.74) is 2.26. The number of methoxy groups -OCH3 is 2. The molecule has 1 aliphatic carbocycles. The van der Waals surface area contributed by atoms with Gasteiger partial charge in [0.15, 0.2) is 0 Å². The van der Waals surface area contributed by atoms with E-state index in [1.165, 1.54) is 19.2 Å². The zero-order valence-corrected chi connectivity index (χ0v) is 18.3. The Bertz CT molecular complexity index is 1210. The predicted octanol–water partition coefficient (Wildman–Crippen LogP) is 4.69. The van der Waals surface area contributed by atoms with Gasteiger partial charge in [0, 0.05) is 18.6 Å². The summed E-state index contributed by atoms with van der Waals surface area (Å²) in [5.74, 6) is -0.640. The maximum absolute atomic E-state index is 13.1. The van der Waals surface area contributed by atoms with Gasteiger partial charge in [-0.1, -0.05) is 60.1 Å². The number of carbonyl (C=O) groups is 1. The van der Waals surface area contributed by atoms with Crippen LogP contribution in [0.5, 0.6) is 0 Å². The van der Waals surface area contributed by atoms with Crippen LogP contribution in [0, 0.1) is 11.5 Å². The van der Waals surface area contributed by atoms with Gasteiger partial charge in [-0.05, 0) is 46.5 Å². The first-order valence-corrected chi connectivity index (χ1v) is 10.5. The van der Waals surface area contributed by atoms with Gasteiger partial charge >= 0.3 is 5.97 Å². The summed E-state index contributed by atoms with van der Waals surface area (Å²) >= 11 is 6.16. The molecule has 3 aromatic rings. The Balaban J connectivity index is 1.89. The molecule has 0 aromatic heterocycles. The van der Waals surface area contributed by atoms with E-state index in [1.807, 2.05) is 53.5 Å². The molecular weight excluding hydrogens is 426 g/mol. The summed E-state index contributed by atoms with van der Waals surface area (Å²) in [7, 11) is 2.72. The monoisotopic (exact) mass is 445 g/mol. The van der Waals surface area contributed by atoms with Crippen LogP contribution in [-0.4, -0.2) is 30.9 Å². The number of hydrogen-bond donors (Lipinski definition) is 0. The van der Waals surface area contributed by atoms with E-state index in [2.05, 4.69) is 18.3 Å². The van der Waals surface area contributed by atoms with Gasteiger partial charge in [-0.3, -0.25) is 5.01 Å². The highest BCUT2D eigenvalue weighted by atomic mass is 35.5. The summed E-state index contributed by atoms with van der Waals surface area (Å²) in [4.78, 5) is 13.1. The Hall–Kier alpha value is -3.53. The number of rotatable bonds is 3. The van der Waals surface area contributed by atoms with E-state index >= 15 is 0 Å². The average Bonchev–Trinajstić information content (AvgIpc) is 3.30. The fourth-order valence-electron chi connectivity index (χ4n) is 5.15. The molecule has 5 rings (SSSR count). The molecule has 0 amide bonds. The van der Waals surface area contributed by atoms with Crippen LogP contribution in [0.3, 0.4) is 0 Å².